The Bertz CT molecular complexity index is 446. The van der Waals surface area contributed by atoms with E-state index in [1.54, 1.807) is 12.1 Å². The summed E-state index contributed by atoms with van der Waals surface area (Å²) < 4.78 is 19.6. The molecule has 0 bridgehead atoms. The van der Waals surface area contributed by atoms with Gasteiger partial charge in [0.2, 0.25) is 0 Å². The van der Waals surface area contributed by atoms with E-state index in [-0.39, 0.29) is 18.3 Å². The van der Waals surface area contributed by atoms with E-state index in [4.69, 9.17) is 16.3 Å². The maximum absolute atomic E-state index is 13.9. The van der Waals surface area contributed by atoms with E-state index in [1.165, 1.54) is 25.3 Å². The number of hydrogen-bond acceptors (Lipinski definition) is 2. The molecule has 21 heavy (non-hydrogen) atoms. The van der Waals surface area contributed by atoms with E-state index >= 15 is 0 Å². The molecule has 2 rings (SSSR count). The molecule has 0 heterocycles. The van der Waals surface area contributed by atoms with Crippen LogP contribution in [-0.2, 0) is 11.2 Å². The summed E-state index contributed by atoms with van der Waals surface area (Å²) in [7, 11) is 0. The second-order valence-electron chi connectivity index (χ2n) is 5.83. The molecule has 1 saturated carbocycles. The van der Waals surface area contributed by atoms with Crippen molar-refractivity contribution in [2.24, 2.45) is 5.92 Å². The molecule has 1 aliphatic carbocycles. The second kappa shape index (κ2) is 8.11. The summed E-state index contributed by atoms with van der Waals surface area (Å²) >= 11 is 5.76. The van der Waals surface area contributed by atoms with Gasteiger partial charge in [-0.15, -0.1) is 0 Å². The average molecular weight is 315 g/mol. The number of ether oxygens (including phenoxy) is 1. The monoisotopic (exact) mass is 314 g/mol. The van der Waals surface area contributed by atoms with Gasteiger partial charge in [-0.1, -0.05) is 36.9 Å². The Hall–Kier alpha value is -0.640. The van der Waals surface area contributed by atoms with Crippen LogP contribution < -0.4 is 0 Å². The molecular formula is C17H24ClFO2. The fourth-order valence-electron chi connectivity index (χ4n) is 3.25. The van der Waals surface area contributed by atoms with Gasteiger partial charge in [-0.2, -0.15) is 0 Å². The van der Waals surface area contributed by atoms with Crippen LogP contribution in [0.1, 0.15) is 44.6 Å². The summed E-state index contributed by atoms with van der Waals surface area (Å²) in [6, 6.07) is 4.59. The quantitative estimate of drug-likeness (QED) is 0.845. The molecule has 1 fully saturated rings. The SMILES string of the molecule is CCOC(C(O)Cc1ccc(Cl)cc1F)C1CCCCC1. The Morgan fingerprint density at radius 3 is 2.67 bits per heavy atom. The minimum Gasteiger partial charge on any atom is -0.390 e. The maximum Gasteiger partial charge on any atom is 0.127 e. The van der Waals surface area contributed by atoms with Gasteiger partial charge in [0, 0.05) is 18.1 Å². The molecule has 0 aliphatic heterocycles. The number of aliphatic hydroxyl groups is 1. The van der Waals surface area contributed by atoms with Gasteiger partial charge in [0.25, 0.3) is 0 Å². The predicted molar refractivity (Wildman–Crippen MR) is 83.1 cm³/mol. The lowest BCUT2D eigenvalue weighted by atomic mass is 9.82. The zero-order valence-electron chi connectivity index (χ0n) is 12.5. The number of halogens is 2. The Kier molecular flexibility index (Phi) is 6.46. The zero-order valence-corrected chi connectivity index (χ0v) is 13.3. The Balaban J connectivity index is 2.04. The predicted octanol–water partition coefficient (Wildman–Crippen LogP) is 4.37. The molecule has 1 aromatic carbocycles. The lowest BCUT2D eigenvalue weighted by Gasteiger charge is -2.33. The highest BCUT2D eigenvalue weighted by atomic mass is 35.5. The highest BCUT2D eigenvalue weighted by Crippen LogP contribution is 2.30. The molecule has 0 aromatic heterocycles. The molecule has 1 aliphatic rings. The molecule has 0 radical (unpaired) electrons. The Labute approximate surface area is 131 Å². The summed E-state index contributed by atoms with van der Waals surface area (Å²) in [5.74, 6) is 0.0181. The highest BCUT2D eigenvalue weighted by Gasteiger charge is 2.30. The van der Waals surface area contributed by atoms with Crippen LogP contribution in [0.4, 0.5) is 4.39 Å². The third kappa shape index (κ3) is 4.67. The van der Waals surface area contributed by atoms with Gasteiger partial charge in [-0.25, -0.2) is 4.39 Å². The first-order valence-corrected chi connectivity index (χ1v) is 8.23. The minimum atomic E-state index is -0.677. The van der Waals surface area contributed by atoms with Crippen molar-refractivity contribution in [1.82, 2.24) is 0 Å². The average Bonchev–Trinajstić information content (AvgIpc) is 2.48. The lowest BCUT2D eigenvalue weighted by molar-refractivity contribution is -0.0717. The summed E-state index contributed by atoms with van der Waals surface area (Å²) in [6.45, 7) is 2.51. The van der Waals surface area contributed by atoms with Crippen molar-refractivity contribution in [1.29, 1.82) is 0 Å². The highest BCUT2D eigenvalue weighted by molar-refractivity contribution is 6.30. The first-order valence-electron chi connectivity index (χ1n) is 7.85. The molecule has 118 valence electrons. The van der Waals surface area contributed by atoms with Gasteiger partial charge < -0.3 is 9.84 Å². The van der Waals surface area contributed by atoms with Gasteiger partial charge >= 0.3 is 0 Å². The largest absolute Gasteiger partial charge is 0.390 e. The van der Waals surface area contributed by atoms with Gasteiger partial charge in [0.15, 0.2) is 0 Å². The van der Waals surface area contributed by atoms with E-state index in [2.05, 4.69) is 0 Å². The van der Waals surface area contributed by atoms with E-state index in [0.717, 1.165) is 12.8 Å². The molecule has 1 aromatic rings. The molecule has 1 N–H and O–H groups in total. The van der Waals surface area contributed by atoms with Crippen LogP contribution in [0, 0.1) is 11.7 Å². The number of benzene rings is 1. The third-order valence-corrected chi connectivity index (χ3v) is 4.53. The lowest BCUT2D eigenvalue weighted by Crippen LogP contribution is -2.38. The van der Waals surface area contributed by atoms with Crippen LogP contribution in [0.2, 0.25) is 5.02 Å². The molecule has 0 spiro atoms. The molecule has 4 heteroatoms. The van der Waals surface area contributed by atoms with Crippen molar-refractivity contribution in [3.05, 3.63) is 34.6 Å². The van der Waals surface area contributed by atoms with Crippen LogP contribution in [0.25, 0.3) is 0 Å². The zero-order chi connectivity index (χ0) is 15.2. The van der Waals surface area contributed by atoms with Crippen LogP contribution >= 0.6 is 11.6 Å². The topological polar surface area (TPSA) is 29.5 Å². The molecule has 2 unspecified atom stereocenters. The van der Waals surface area contributed by atoms with Gasteiger partial charge in [-0.3, -0.25) is 0 Å². The number of aliphatic hydroxyl groups excluding tert-OH is 1. The summed E-state index contributed by atoms with van der Waals surface area (Å²) in [5.41, 5.74) is 0.493. The molecule has 0 amide bonds. The Morgan fingerprint density at radius 2 is 2.05 bits per heavy atom. The van der Waals surface area contributed by atoms with Crippen LogP contribution in [0.15, 0.2) is 18.2 Å². The van der Waals surface area contributed by atoms with E-state index in [0.29, 0.717) is 23.1 Å². The Morgan fingerprint density at radius 1 is 1.33 bits per heavy atom. The van der Waals surface area contributed by atoms with E-state index < -0.39 is 6.10 Å². The van der Waals surface area contributed by atoms with E-state index in [1.807, 2.05) is 6.92 Å². The van der Waals surface area contributed by atoms with Crippen LogP contribution in [0.3, 0.4) is 0 Å². The number of rotatable bonds is 6. The summed E-state index contributed by atoms with van der Waals surface area (Å²) in [6.07, 6.45) is 5.21. The van der Waals surface area contributed by atoms with Crippen molar-refractivity contribution in [2.45, 2.75) is 57.7 Å². The summed E-state index contributed by atoms with van der Waals surface area (Å²) in [5, 5.41) is 10.9. The van der Waals surface area contributed by atoms with Crippen molar-refractivity contribution < 1.29 is 14.2 Å². The number of hydrogen-bond donors (Lipinski definition) is 1. The molecule has 2 nitrogen and oxygen atoms in total. The van der Waals surface area contributed by atoms with Gasteiger partial charge in [-0.05, 0) is 43.4 Å². The van der Waals surface area contributed by atoms with Crippen molar-refractivity contribution in [3.8, 4) is 0 Å². The fraction of sp³-hybridized carbons (Fsp3) is 0.647. The fourth-order valence-corrected chi connectivity index (χ4v) is 3.40. The standard InChI is InChI=1S/C17H24ClFO2/c1-2-21-17(12-6-4-3-5-7-12)16(20)10-13-8-9-14(18)11-15(13)19/h8-9,11-12,16-17,20H,2-7,10H2,1H3. The normalized spacial score (nSPS) is 19.4. The van der Waals surface area contributed by atoms with Crippen LogP contribution in [-0.4, -0.2) is 23.9 Å². The maximum atomic E-state index is 13.9. The van der Waals surface area contributed by atoms with Crippen LogP contribution in [0.5, 0.6) is 0 Å². The van der Waals surface area contributed by atoms with Crippen molar-refractivity contribution in [3.63, 3.8) is 0 Å². The molecule has 0 saturated heterocycles. The molecular weight excluding hydrogens is 291 g/mol. The molecule has 2 atom stereocenters. The van der Waals surface area contributed by atoms with Gasteiger partial charge in [0.1, 0.15) is 5.82 Å². The summed E-state index contributed by atoms with van der Waals surface area (Å²) in [4.78, 5) is 0. The van der Waals surface area contributed by atoms with E-state index in [9.17, 15) is 9.50 Å². The minimum absolute atomic E-state index is 0.203. The first-order chi connectivity index (χ1) is 10.1. The van der Waals surface area contributed by atoms with Crippen molar-refractivity contribution >= 4 is 11.6 Å². The second-order valence-corrected chi connectivity index (χ2v) is 6.26. The first kappa shape index (κ1) is 16.7. The smallest absolute Gasteiger partial charge is 0.127 e. The van der Waals surface area contributed by atoms with Gasteiger partial charge in [0.05, 0.1) is 12.2 Å². The van der Waals surface area contributed by atoms with Crippen molar-refractivity contribution in [2.75, 3.05) is 6.61 Å². The third-order valence-electron chi connectivity index (χ3n) is 4.30.